The van der Waals surface area contributed by atoms with Gasteiger partial charge >= 0.3 is 0 Å². The van der Waals surface area contributed by atoms with Crippen LogP contribution in [-0.2, 0) is 0 Å². The summed E-state index contributed by atoms with van der Waals surface area (Å²) < 4.78 is 0. The molecule has 3 heteroatoms. The van der Waals surface area contributed by atoms with Crippen molar-refractivity contribution in [2.45, 2.75) is 39.3 Å². The zero-order valence-corrected chi connectivity index (χ0v) is 12.9. The van der Waals surface area contributed by atoms with Crippen LogP contribution in [0.1, 0.15) is 25.0 Å². The number of anilines is 1. The van der Waals surface area contributed by atoms with Crippen molar-refractivity contribution < 1.29 is 0 Å². The lowest BCUT2D eigenvalue weighted by Gasteiger charge is -2.52. The Morgan fingerprint density at radius 1 is 1.32 bits per heavy atom. The lowest BCUT2D eigenvalue weighted by molar-refractivity contribution is 0.182. The Morgan fingerprint density at radius 2 is 2.00 bits per heavy atom. The Bertz CT molecular complexity index is 453. The molecule has 1 aromatic rings. The highest BCUT2D eigenvalue weighted by atomic mass is 15.3. The van der Waals surface area contributed by atoms with Gasteiger partial charge in [-0.15, -0.1) is 0 Å². The molecule has 1 heterocycles. The summed E-state index contributed by atoms with van der Waals surface area (Å²) in [6.45, 7) is 11.8. The van der Waals surface area contributed by atoms with Crippen molar-refractivity contribution in [3.63, 3.8) is 0 Å². The molecule has 2 rings (SSSR count). The first kappa shape index (κ1) is 14.4. The van der Waals surface area contributed by atoms with Crippen molar-refractivity contribution in [2.75, 3.05) is 31.6 Å². The zero-order chi connectivity index (χ0) is 14.2. The van der Waals surface area contributed by atoms with E-state index >= 15 is 0 Å². The first-order valence-electron chi connectivity index (χ1n) is 7.11. The number of rotatable bonds is 2. The van der Waals surface area contributed by atoms with Crippen LogP contribution in [0, 0.1) is 13.8 Å². The van der Waals surface area contributed by atoms with Gasteiger partial charge in [-0.2, -0.15) is 0 Å². The largest absolute Gasteiger partial charge is 0.359 e. The molecule has 1 unspecified atom stereocenters. The average molecular weight is 261 g/mol. The van der Waals surface area contributed by atoms with E-state index in [-0.39, 0.29) is 5.54 Å². The highest BCUT2D eigenvalue weighted by molar-refractivity contribution is 5.59. The second kappa shape index (κ2) is 5.14. The molecule has 1 aromatic carbocycles. The van der Waals surface area contributed by atoms with Crippen molar-refractivity contribution in [3.8, 4) is 0 Å². The fourth-order valence-electron chi connectivity index (χ4n) is 3.44. The van der Waals surface area contributed by atoms with Crippen LogP contribution in [-0.4, -0.2) is 43.2 Å². The summed E-state index contributed by atoms with van der Waals surface area (Å²) in [6, 6.07) is 6.95. The summed E-state index contributed by atoms with van der Waals surface area (Å²) >= 11 is 0. The third-order valence-electron chi connectivity index (χ3n) is 4.30. The van der Waals surface area contributed by atoms with Gasteiger partial charge < -0.3 is 15.5 Å². The number of hydrogen-bond acceptors (Lipinski definition) is 3. The van der Waals surface area contributed by atoms with E-state index in [0.717, 1.165) is 13.1 Å². The summed E-state index contributed by atoms with van der Waals surface area (Å²) in [7, 11) is 2.19. The molecule has 106 valence electrons. The summed E-state index contributed by atoms with van der Waals surface area (Å²) in [5.41, 5.74) is 10.2. The number of hydrogen-bond donors (Lipinski definition) is 1. The molecule has 0 aromatic heterocycles. The predicted molar refractivity (Wildman–Crippen MR) is 82.8 cm³/mol. The molecule has 0 radical (unpaired) electrons. The molecular weight excluding hydrogens is 234 g/mol. The van der Waals surface area contributed by atoms with E-state index in [0.29, 0.717) is 12.6 Å². The van der Waals surface area contributed by atoms with Gasteiger partial charge in [-0.1, -0.05) is 12.1 Å². The predicted octanol–water partition coefficient (Wildman–Crippen LogP) is 2.16. The van der Waals surface area contributed by atoms with Crippen molar-refractivity contribution in [2.24, 2.45) is 5.73 Å². The molecule has 0 bridgehead atoms. The van der Waals surface area contributed by atoms with Crippen molar-refractivity contribution in [3.05, 3.63) is 29.3 Å². The maximum Gasteiger partial charge on any atom is 0.0545 e. The molecule has 3 nitrogen and oxygen atoms in total. The third-order valence-corrected chi connectivity index (χ3v) is 4.30. The first-order chi connectivity index (χ1) is 8.86. The van der Waals surface area contributed by atoms with Gasteiger partial charge in [-0.05, 0) is 51.9 Å². The normalized spacial score (nSPS) is 23.7. The number of piperazine rings is 1. The van der Waals surface area contributed by atoms with Gasteiger partial charge in [0.25, 0.3) is 0 Å². The van der Waals surface area contributed by atoms with Crippen LogP contribution < -0.4 is 10.6 Å². The number of aryl methyl sites for hydroxylation is 1. The van der Waals surface area contributed by atoms with Gasteiger partial charge in [-0.3, -0.25) is 0 Å². The molecule has 0 aliphatic carbocycles. The quantitative estimate of drug-likeness (QED) is 0.885. The fourth-order valence-corrected chi connectivity index (χ4v) is 3.44. The van der Waals surface area contributed by atoms with Crippen molar-refractivity contribution in [1.82, 2.24) is 4.90 Å². The van der Waals surface area contributed by atoms with E-state index < -0.39 is 0 Å². The van der Waals surface area contributed by atoms with Gasteiger partial charge in [0.15, 0.2) is 0 Å². The molecule has 0 saturated carbocycles. The van der Waals surface area contributed by atoms with E-state index in [9.17, 15) is 0 Å². The van der Waals surface area contributed by atoms with Crippen LogP contribution in [0.4, 0.5) is 5.69 Å². The highest BCUT2D eigenvalue weighted by Gasteiger charge is 2.38. The van der Waals surface area contributed by atoms with Crippen molar-refractivity contribution >= 4 is 5.69 Å². The van der Waals surface area contributed by atoms with Crippen molar-refractivity contribution in [1.29, 1.82) is 0 Å². The summed E-state index contributed by atoms with van der Waals surface area (Å²) in [5, 5.41) is 0. The average Bonchev–Trinajstić information content (AvgIpc) is 2.31. The minimum absolute atomic E-state index is 0.107. The zero-order valence-electron chi connectivity index (χ0n) is 12.9. The molecule has 1 fully saturated rings. The maximum absolute atomic E-state index is 6.03. The number of likely N-dealkylation sites (N-methyl/N-ethyl adjacent to an activating group) is 1. The topological polar surface area (TPSA) is 32.5 Å². The first-order valence-corrected chi connectivity index (χ1v) is 7.11. The molecule has 1 aliphatic heterocycles. The lowest BCUT2D eigenvalue weighted by atomic mass is 9.92. The van der Waals surface area contributed by atoms with Crippen LogP contribution in [0.5, 0.6) is 0 Å². The smallest absolute Gasteiger partial charge is 0.0545 e. The molecule has 2 N–H and O–H groups in total. The molecule has 1 aliphatic rings. The Balaban J connectivity index is 2.47. The van der Waals surface area contributed by atoms with Gasteiger partial charge in [0.05, 0.1) is 6.04 Å². The van der Waals surface area contributed by atoms with Crippen LogP contribution in [0.2, 0.25) is 0 Å². The molecule has 1 saturated heterocycles. The van der Waals surface area contributed by atoms with Gasteiger partial charge in [-0.25, -0.2) is 0 Å². The van der Waals surface area contributed by atoms with Crippen LogP contribution in [0.3, 0.4) is 0 Å². The third kappa shape index (κ3) is 2.63. The molecule has 0 amide bonds. The summed E-state index contributed by atoms with van der Waals surface area (Å²) in [5.74, 6) is 0. The Labute approximate surface area is 117 Å². The second-order valence-electron chi connectivity index (χ2n) is 6.49. The van der Waals surface area contributed by atoms with Gasteiger partial charge in [0.1, 0.15) is 0 Å². The number of benzene rings is 1. The van der Waals surface area contributed by atoms with E-state index in [4.69, 9.17) is 5.73 Å². The van der Waals surface area contributed by atoms with E-state index in [1.54, 1.807) is 0 Å². The van der Waals surface area contributed by atoms with E-state index in [1.807, 2.05) is 0 Å². The standard InChI is InChI=1S/C16H27N3/c1-12-7-6-8-15(13(12)2)19-14(9-17)10-18(5)11-16(19,3)4/h6-8,14H,9-11,17H2,1-5H3. The molecule has 19 heavy (non-hydrogen) atoms. The molecule has 0 spiro atoms. The summed E-state index contributed by atoms with van der Waals surface area (Å²) in [6.07, 6.45) is 0. The molecule has 1 atom stereocenters. The van der Waals surface area contributed by atoms with Gasteiger partial charge in [0, 0.05) is 30.9 Å². The van der Waals surface area contributed by atoms with E-state index in [2.05, 4.69) is 62.7 Å². The summed E-state index contributed by atoms with van der Waals surface area (Å²) in [4.78, 5) is 4.93. The van der Waals surface area contributed by atoms with Gasteiger partial charge in [0.2, 0.25) is 0 Å². The lowest BCUT2D eigenvalue weighted by Crippen LogP contribution is -2.65. The monoisotopic (exact) mass is 261 g/mol. The van der Waals surface area contributed by atoms with E-state index in [1.165, 1.54) is 16.8 Å². The minimum atomic E-state index is 0.107. The Hall–Kier alpha value is -1.06. The Morgan fingerprint density at radius 3 is 2.63 bits per heavy atom. The van der Waals surface area contributed by atoms with Crippen LogP contribution >= 0.6 is 0 Å². The molecular formula is C16H27N3. The Kier molecular flexibility index (Phi) is 3.88. The second-order valence-corrected chi connectivity index (χ2v) is 6.49. The minimum Gasteiger partial charge on any atom is -0.359 e. The van der Waals surface area contributed by atoms with Crippen LogP contribution in [0.25, 0.3) is 0 Å². The van der Waals surface area contributed by atoms with Crippen LogP contribution in [0.15, 0.2) is 18.2 Å². The SMILES string of the molecule is Cc1cccc(N2C(CN)CN(C)CC2(C)C)c1C. The highest BCUT2D eigenvalue weighted by Crippen LogP contribution is 2.33. The fraction of sp³-hybridized carbons (Fsp3) is 0.625. The maximum atomic E-state index is 6.03. The number of nitrogens with two attached hydrogens (primary N) is 1. The number of nitrogens with zero attached hydrogens (tertiary/aromatic N) is 2.